The number of carbonyl (C=O) groups is 2. The predicted molar refractivity (Wildman–Crippen MR) is 197 cm³/mol. The van der Waals surface area contributed by atoms with Crippen LogP contribution < -0.4 is 9.64 Å². The summed E-state index contributed by atoms with van der Waals surface area (Å²) >= 11 is 1.53. The molecule has 50 heavy (non-hydrogen) atoms. The number of aryl methyl sites for hydroxylation is 1. The molecule has 3 aliphatic rings. The maximum Gasteiger partial charge on any atom is 0.410 e. The van der Waals surface area contributed by atoms with Gasteiger partial charge >= 0.3 is 6.09 Å². The van der Waals surface area contributed by atoms with Gasteiger partial charge in [-0.25, -0.2) is 19.6 Å². The molecule has 2 aromatic rings. The van der Waals surface area contributed by atoms with E-state index in [2.05, 4.69) is 43.5 Å². The molecule has 13 heteroatoms. The molecule has 0 N–H and O–H groups in total. The largest absolute Gasteiger partial charge is 0.473 e. The van der Waals surface area contributed by atoms with Crippen molar-refractivity contribution in [2.24, 2.45) is 4.99 Å². The number of amides is 1. The van der Waals surface area contributed by atoms with Crippen LogP contribution in [0.3, 0.4) is 0 Å². The number of thiophene rings is 1. The smallest absolute Gasteiger partial charge is 0.410 e. The van der Waals surface area contributed by atoms with E-state index in [9.17, 15) is 9.59 Å². The summed E-state index contributed by atoms with van der Waals surface area (Å²) in [7, 11) is 5.88. The average Bonchev–Trinajstić information content (AvgIpc) is 3.65. The minimum atomic E-state index is -0.698. The van der Waals surface area contributed by atoms with Crippen molar-refractivity contribution in [2.45, 2.75) is 103 Å². The average molecular weight is 703 g/mol. The standard InChI is InChI=1S/C37H50N8O4S/c1-24-22-44(35(47)49-36(3,4)5)19-20-45(24)29-21-30(48-25(2)26-13-12-18-43(26)10)41-33(40-29)27(46)15-17-37(6)16-11-14-28-31(37)32(38-7)34(50-28)39-23-42(8)9/h21,23-26H,11-14,16,18-20,22H2,1-6,8-10H3/b39-23+/t24-,25+,26+,37-/m1/s1. The summed E-state index contributed by atoms with van der Waals surface area (Å²) < 4.78 is 12.0. The molecule has 2 fully saturated rings. The van der Waals surface area contributed by atoms with Crippen LogP contribution >= 0.6 is 11.3 Å². The second kappa shape index (κ2) is 15.0. The summed E-state index contributed by atoms with van der Waals surface area (Å²) in [4.78, 5) is 53.5. The van der Waals surface area contributed by atoms with Crippen LogP contribution in [-0.2, 0) is 16.6 Å². The van der Waals surface area contributed by atoms with Crippen molar-refractivity contribution in [3.8, 4) is 17.7 Å². The molecule has 12 nitrogen and oxygen atoms in total. The van der Waals surface area contributed by atoms with Crippen LogP contribution in [0.15, 0.2) is 11.1 Å². The number of piperazine rings is 1. The molecule has 4 heterocycles. The van der Waals surface area contributed by atoms with Gasteiger partial charge in [0.1, 0.15) is 22.5 Å². The zero-order chi connectivity index (χ0) is 36.4. The zero-order valence-electron chi connectivity index (χ0n) is 30.9. The van der Waals surface area contributed by atoms with E-state index in [4.69, 9.17) is 21.0 Å². The number of carbonyl (C=O) groups excluding carboxylic acids is 2. The van der Waals surface area contributed by atoms with Crippen molar-refractivity contribution < 1.29 is 19.1 Å². The second-order valence-electron chi connectivity index (χ2n) is 15.0. The summed E-state index contributed by atoms with van der Waals surface area (Å²) in [6, 6.07) is 1.91. The van der Waals surface area contributed by atoms with E-state index >= 15 is 0 Å². The lowest BCUT2D eigenvalue weighted by molar-refractivity contribution is 0.0218. The summed E-state index contributed by atoms with van der Waals surface area (Å²) in [5.74, 6) is 6.46. The van der Waals surface area contributed by atoms with Gasteiger partial charge in [-0.2, -0.15) is 4.98 Å². The summed E-state index contributed by atoms with van der Waals surface area (Å²) in [6.45, 7) is 22.0. The van der Waals surface area contributed by atoms with E-state index in [1.54, 1.807) is 17.3 Å². The van der Waals surface area contributed by atoms with Crippen molar-refractivity contribution in [1.82, 2.24) is 24.7 Å². The van der Waals surface area contributed by atoms with Crippen LogP contribution in [0.1, 0.15) is 88.3 Å². The third-order valence-corrected chi connectivity index (χ3v) is 10.6. The van der Waals surface area contributed by atoms with E-state index in [1.807, 2.05) is 60.5 Å². The maximum atomic E-state index is 13.9. The topological polar surface area (TPSA) is 108 Å². The lowest BCUT2D eigenvalue weighted by atomic mass is 9.74. The van der Waals surface area contributed by atoms with E-state index in [-0.39, 0.29) is 30.1 Å². The zero-order valence-corrected chi connectivity index (χ0v) is 31.7. The Hall–Kier alpha value is -4.20. The molecule has 1 amide bonds. The number of likely N-dealkylation sites (tertiary alicyclic amines) is 1. The Morgan fingerprint density at radius 1 is 1.24 bits per heavy atom. The van der Waals surface area contributed by atoms with Crippen LogP contribution in [0.2, 0.25) is 0 Å². The molecule has 0 bridgehead atoms. The fraction of sp³-hybridized carbons (Fsp3) is 0.622. The Bertz CT molecular complexity index is 1730. The number of rotatable bonds is 7. The number of aliphatic imine (C=N–C) groups is 1. The molecule has 4 atom stereocenters. The Kier molecular flexibility index (Phi) is 11.1. The quantitative estimate of drug-likeness (QED) is 0.0845. The number of ketones is 1. The monoisotopic (exact) mass is 702 g/mol. The summed E-state index contributed by atoms with van der Waals surface area (Å²) in [5, 5.41) is 0.667. The Morgan fingerprint density at radius 3 is 2.64 bits per heavy atom. The third-order valence-electron chi connectivity index (χ3n) is 9.43. The molecule has 2 aromatic heterocycles. The first-order valence-electron chi connectivity index (χ1n) is 17.4. The first-order valence-corrected chi connectivity index (χ1v) is 18.2. The van der Waals surface area contributed by atoms with Crippen LogP contribution in [0.4, 0.5) is 21.3 Å². The van der Waals surface area contributed by atoms with Crippen LogP contribution in [-0.4, -0.2) is 114 Å². The molecular formula is C37H50N8O4S. The van der Waals surface area contributed by atoms with Gasteiger partial charge in [0, 0.05) is 57.3 Å². The lowest BCUT2D eigenvalue weighted by Gasteiger charge is -2.40. The predicted octanol–water partition coefficient (Wildman–Crippen LogP) is 6.10. The molecular weight excluding hydrogens is 653 g/mol. The highest BCUT2D eigenvalue weighted by Crippen LogP contribution is 2.52. The number of nitrogens with zero attached hydrogens (tertiary/aromatic N) is 8. The van der Waals surface area contributed by atoms with Gasteiger partial charge in [-0.1, -0.05) is 5.92 Å². The number of anilines is 1. The van der Waals surface area contributed by atoms with Crippen molar-refractivity contribution in [3.05, 3.63) is 33.7 Å². The molecule has 0 aromatic carbocycles. The fourth-order valence-electron chi connectivity index (χ4n) is 6.97. The minimum absolute atomic E-state index is 0.0367. The molecule has 0 spiro atoms. The first kappa shape index (κ1) is 37.1. The van der Waals surface area contributed by atoms with Gasteiger partial charge in [0.2, 0.25) is 17.4 Å². The third kappa shape index (κ3) is 8.39. The molecule has 0 radical (unpaired) electrons. The van der Waals surface area contributed by atoms with Gasteiger partial charge in [-0.15, -0.1) is 11.3 Å². The number of hydrogen-bond donors (Lipinski definition) is 0. The molecule has 268 valence electrons. The Balaban J connectivity index is 1.46. The van der Waals surface area contributed by atoms with Gasteiger partial charge in [-0.05, 0) is 104 Å². The number of fused-ring (bicyclic) bond motifs is 1. The molecule has 0 unspecified atom stereocenters. The van der Waals surface area contributed by atoms with Crippen molar-refractivity contribution >= 4 is 46.1 Å². The van der Waals surface area contributed by atoms with E-state index in [0.29, 0.717) is 42.0 Å². The molecule has 1 aliphatic carbocycles. The number of Topliss-reactive ketones (excluding diaryl/α,β-unsaturated/α-hetero) is 1. The van der Waals surface area contributed by atoms with Crippen LogP contribution in [0, 0.1) is 18.4 Å². The SMILES string of the molecule is [C-]#[N+]c1c(/N=C/N(C)C)sc2c1[C@@](C)(C#CC(=O)c1nc(O[C@@H](C)[C@@H]3CCCN3C)cc(N3CCN(C(=O)OC(C)(C)C)C[C@H]3C)n1)CCC2. The lowest BCUT2D eigenvalue weighted by Crippen LogP contribution is -2.55. The maximum absolute atomic E-state index is 13.9. The highest BCUT2D eigenvalue weighted by molar-refractivity contribution is 7.16. The van der Waals surface area contributed by atoms with Crippen LogP contribution in [0.25, 0.3) is 4.85 Å². The van der Waals surface area contributed by atoms with E-state index in [0.717, 1.165) is 49.1 Å². The summed E-state index contributed by atoms with van der Waals surface area (Å²) in [6.07, 6.45) is 5.79. The molecule has 2 aliphatic heterocycles. The normalized spacial score (nSPS) is 23.1. The van der Waals surface area contributed by atoms with Crippen molar-refractivity contribution in [3.63, 3.8) is 0 Å². The molecule has 2 saturated heterocycles. The Labute approximate surface area is 300 Å². The molecule has 5 rings (SSSR count). The van der Waals surface area contributed by atoms with Crippen molar-refractivity contribution in [2.75, 3.05) is 52.2 Å². The fourth-order valence-corrected chi connectivity index (χ4v) is 8.22. The highest BCUT2D eigenvalue weighted by Gasteiger charge is 2.37. The minimum Gasteiger partial charge on any atom is -0.473 e. The second-order valence-corrected chi connectivity index (χ2v) is 16.1. The van der Waals surface area contributed by atoms with Gasteiger partial charge in [0.15, 0.2) is 0 Å². The summed E-state index contributed by atoms with van der Waals surface area (Å²) in [5.41, 5.74) is 0.0958. The van der Waals surface area contributed by atoms with Gasteiger partial charge in [0.05, 0.1) is 12.9 Å². The van der Waals surface area contributed by atoms with Crippen molar-refractivity contribution in [1.29, 1.82) is 0 Å². The van der Waals surface area contributed by atoms with Crippen LogP contribution in [0.5, 0.6) is 5.88 Å². The van der Waals surface area contributed by atoms with Gasteiger partial charge < -0.3 is 24.2 Å². The Morgan fingerprint density at radius 2 is 2.00 bits per heavy atom. The number of aromatic nitrogens is 2. The van der Waals surface area contributed by atoms with Gasteiger partial charge in [0.25, 0.3) is 5.78 Å². The highest BCUT2D eigenvalue weighted by atomic mass is 32.1. The molecule has 0 saturated carbocycles. The first-order chi connectivity index (χ1) is 23.6. The van der Waals surface area contributed by atoms with E-state index < -0.39 is 16.8 Å². The van der Waals surface area contributed by atoms with E-state index in [1.165, 1.54) is 11.3 Å². The number of ether oxygens (including phenoxy) is 2. The number of hydrogen-bond acceptors (Lipinski definition) is 10. The number of likely N-dealkylation sites (N-methyl/N-ethyl adjacent to an activating group) is 1. The van der Waals surface area contributed by atoms with Gasteiger partial charge in [-0.3, -0.25) is 9.69 Å².